The topological polar surface area (TPSA) is 20.3 Å². The lowest BCUT2D eigenvalue weighted by atomic mass is 10.1. The van der Waals surface area contributed by atoms with Crippen LogP contribution in [0.3, 0.4) is 0 Å². The number of rotatable bonds is 5. The number of nitrogens with zero attached hydrogens (tertiary/aromatic N) is 1. The summed E-state index contributed by atoms with van der Waals surface area (Å²) in [7, 11) is 0. The first-order valence-corrected chi connectivity index (χ1v) is 7.41. The number of ketones is 1. The number of halogens is 3. The van der Waals surface area contributed by atoms with Crippen molar-refractivity contribution < 1.29 is 18.0 Å². The van der Waals surface area contributed by atoms with Crippen LogP contribution in [0.5, 0.6) is 0 Å². The van der Waals surface area contributed by atoms with Gasteiger partial charge in [0.2, 0.25) is 0 Å². The summed E-state index contributed by atoms with van der Waals surface area (Å²) in [6.45, 7) is 3.76. The molecule has 1 aliphatic rings. The molecular formula is C13H18F3NOS. The van der Waals surface area contributed by atoms with Crippen LogP contribution in [0, 0.1) is 0 Å². The fraction of sp³-hybridized carbons (Fsp3) is 0.615. The van der Waals surface area contributed by atoms with Gasteiger partial charge in [0.1, 0.15) is 0 Å². The molecule has 1 aliphatic heterocycles. The molecule has 0 aromatic heterocycles. The number of hydrogen-bond acceptors (Lipinski definition) is 3. The van der Waals surface area contributed by atoms with Crippen LogP contribution in [0.25, 0.3) is 0 Å². The van der Waals surface area contributed by atoms with E-state index in [4.69, 9.17) is 0 Å². The Bertz CT molecular complexity index is 371. The van der Waals surface area contributed by atoms with E-state index in [2.05, 4.69) is 4.90 Å². The first-order valence-electron chi connectivity index (χ1n) is 6.12. The first kappa shape index (κ1) is 16.1. The molecule has 0 N–H and O–H groups in total. The normalized spacial score (nSPS) is 19.2. The molecule has 0 aliphatic carbocycles. The van der Waals surface area contributed by atoms with Gasteiger partial charge in [-0.25, -0.2) is 0 Å². The second-order valence-electron chi connectivity index (χ2n) is 4.45. The molecule has 0 amide bonds. The van der Waals surface area contributed by atoms with Crippen LogP contribution in [-0.4, -0.2) is 41.5 Å². The number of carbonyl (C=O) groups is 1. The van der Waals surface area contributed by atoms with E-state index >= 15 is 0 Å². The van der Waals surface area contributed by atoms with E-state index in [-0.39, 0.29) is 5.25 Å². The zero-order valence-electron chi connectivity index (χ0n) is 11.0. The van der Waals surface area contributed by atoms with Crippen molar-refractivity contribution in [2.24, 2.45) is 0 Å². The fourth-order valence-electron chi connectivity index (χ4n) is 1.77. The molecule has 108 valence electrons. The van der Waals surface area contributed by atoms with Crippen LogP contribution in [0.4, 0.5) is 13.2 Å². The van der Waals surface area contributed by atoms with Gasteiger partial charge in [0.25, 0.3) is 5.78 Å². The van der Waals surface area contributed by atoms with Gasteiger partial charge in [-0.2, -0.15) is 24.9 Å². The third-order valence-corrected chi connectivity index (χ3v) is 3.98. The van der Waals surface area contributed by atoms with Gasteiger partial charge >= 0.3 is 6.18 Å². The van der Waals surface area contributed by atoms with Crippen LogP contribution in [0.2, 0.25) is 0 Å². The first-order chi connectivity index (χ1) is 8.84. The summed E-state index contributed by atoms with van der Waals surface area (Å²) >= 11 is 1.54. The van der Waals surface area contributed by atoms with Crippen molar-refractivity contribution in [1.82, 2.24) is 4.90 Å². The molecule has 0 spiro atoms. The standard InChI is InChI=1S/C13H18F3NOS/c1-10(19-2)11(9-17-7-3-4-8-17)5-6-12(18)13(14,15)16/h5-6,9-10H,3-4,7-8H2,1-2H3/b6-5+,11-9+. The molecule has 0 aromatic carbocycles. The van der Waals surface area contributed by atoms with Gasteiger partial charge in [0, 0.05) is 24.5 Å². The van der Waals surface area contributed by atoms with E-state index < -0.39 is 12.0 Å². The monoisotopic (exact) mass is 293 g/mol. The number of hydrogen-bond donors (Lipinski definition) is 0. The SMILES string of the molecule is CSC(C)C(/C=C/C(=O)C(F)(F)F)=C/N1CCCC1. The lowest BCUT2D eigenvalue weighted by molar-refractivity contribution is -0.165. The average Bonchev–Trinajstić information content (AvgIpc) is 2.84. The van der Waals surface area contributed by atoms with E-state index in [1.807, 2.05) is 19.4 Å². The molecule has 2 nitrogen and oxygen atoms in total. The Hall–Kier alpha value is -0.910. The molecule has 1 fully saturated rings. The van der Waals surface area contributed by atoms with Crippen molar-refractivity contribution in [1.29, 1.82) is 0 Å². The predicted octanol–water partition coefficient (Wildman–Crippen LogP) is 3.41. The Morgan fingerprint density at radius 3 is 2.32 bits per heavy atom. The summed E-state index contributed by atoms with van der Waals surface area (Å²) in [4.78, 5) is 12.9. The Labute approximate surface area is 115 Å². The highest BCUT2D eigenvalue weighted by Gasteiger charge is 2.36. The molecule has 19 heavy (non-hydrogen) atoms. The molecule has 0 saturated carbocycles. The van der Waals surface area contributed by atoms with E-state index in [1.165, 1.54) is 17.8 Å². The summed E-state index contributed by atoms with van der Waals surface area (Å²) in [5.74, 6) is -1.81. The summed E-state index contributed by atoms with van der Waals surface area (Å²) in [6, 6.07) is 0. The van der Waals surface area contributed by atoms with Crippen molar-refractivity contribution in [3.8, 4) is 0 Å². The highest BCUT2D eigenvalue weighted by atomic mass is 32.2. The summed E-state index contributed by atoms with van der Waals surface area (Å²) in [5, 5.41) is 0.0536. The average molecular weight is 293 g/mol. The summed E-state index contributed by atoms with van der Waals surface area (Å²) in [6.07, 6.45) is 3.07. The third-order valence-electron chi connectivity index (χ3n) is 3.00. The highest BCUT2D eigenvalue weighted by Crippen LogP contribution is 2.22. The molecule has 1 atom stereocenters. The molecule has 1 heterocycles. The van der Waals surface area contributed by atoms with E-state index in [0.717, 1.165) is 31.5 Å². The van der Waals surface area contributed by atoms with Crippen LogP contribution in [0.15, 0.2) is 23.9 Å². The van der Waals surface area contributed by atoms with Crippen molar-refractivity contribution in [2.75, 3.05) is 19.3 Å². The second-order valence-corrected chi connectivity index (χ2v) is 5.62. The lowest BCUT2D eigenvalue weighted by Crippen LogP contribution is -2.20. The highest BCUT2D eigenvalue weighted by molar-refractivity contribution is 7.99. The number of allylic oxidation sites excluding steroid dienone is 2. The second kappa shape index (κ2) is 7.03. The van der Waals surface area contributed by atoms with Crippen LogP contribution < -0.4 is 0 Å². The summed E-state index contributed by atoms with van der Waals surface area (Å²) in [5.41, 5.74) is 0.743. The maximum absolute atomic E-state index is 12.2. The lowest BCUT2D eigenvalue weighted by Gasteiger charge is -2.17. The van der Waals surface area contributed by atoms with Crippen molar-refractivity contribution in [2.45, 2.75) is 31.2 Å². The fourth-order valence-corrected chi connectivity index (χ4v) is 2.18. The quantitative estimate of drug-likeness (QED) is 0.572. The maximum atomic E-state index is 12.2. The molecule has 0 radical (unpaired) electrons. The van der Waals surface area contributed by atoms with Crippen molar-refractivity contribution >= 4 is 17.5 Å². The number of likely N-dealkylation sites (tertiary alicyclic amines) is 1. The Kier molecular flexibility index (Phi) is 5.97. The largest absolute Gasteiger partial charge is 0.454 e. The number of thioether (sulfide) groups is 1. The van der Waals surface area contributed by atoms with E-state index in [1.54, 1.807) is 0 Å². The Morgan fingerprint density at radius 2 is 1.84 bits per heavy atom. The Morgan fingerprint density at radius 1 is 1.26 bits per heavy atom. The molecular weight excluding hydrogens is 275 g/mol. The maximum Gasteiger partial charge on any atom is 0.454 e. The van der Waals surface area contributed by atoms with Crippen molar-refractivity contribution in [3.05, 3.63) is 23.9 Å². The van der Waals surface area contributed by atoms with Crippen LogP contribution in [0.1, 0.15) is 19.8 Å². The van der Waals surface area contributed by atoms with Gasteiger partial charge in [0.05, 0.1) is 0 Å². The number of alkyl halides is 3. The minimum atomic E-state index is -4.79. The Balaban J connectivity index is 2.80. The summed E-state index contributed by atoms with van der Waals surface area (Å²) < 4.78 is 36.5. The van der Waals surface area contributed by atoms with Gasteiger partial charge in [-0.1, -0.05) is 6.08 Å². The smallest absolute Gasteiger partial charge is 0.377 e. The minimum absolute atomic E-state index is 0.0536. The zero-order chi connectivity index (χ0) is 14.5. The van der Waals surface area contributed by atoms with Gasteiger partial charge in [-0.15, -0.1) is 0 Å². The van der Waals surface area contributed by atoms with Gasteiger partial charge in [-0.3, -0.25) is 4.79 Å². The van der Waals surface area contributed by atoms with Gasteiger partial charge < -0.3 is 4.90 Å². The zero-order valence-corrected chi connectivity index (χ0v) is 11.9. The van der Waals surface area contributed by atoms with E-state index in [9.17, 15) is 18.0 Å². The molecule has 6 heteroatoms. The van der Waals surface area contributed by atoms with E-state index in [0.29, 0.717) is 6.08 Å². The third kappa shape index (κ3) is 5.30. The molecule has 1 rings (SSSR count). The molecule has 1 saturated heterocycles. The number of carbonyl (C=O) groups excluding carboxylic acids is 1. The minimum Gasteiger partial charge on any atom is -0.377 e. The molecule has 1 unspecified atom stereocenters. The molecule has 0 aromatic rings. The van der Waals surface area contributed by atoms with Crippen LogP contribution in [-0.2, 0) is 4.79 Å². The predicted molar refractivity (Wildman–Crippen MR) is 72.1 cm³/mol. The van der Waals surface area contributed by atoms with Crippen LogP contribution >= 0.6 is 11.8 Å². The molecule has 0 bridgehead atoms. The van der Waals surface area contributed by atoms with Gasteiger partial charge in [-0.05, 0) is 37.7 Å². The van der Waals surface area contributed by atoms with Crippen molar-refractivity contribution in [3.63, 3.8) is 0 Å². The van der Waals surface area contributed by atoms with Gasteiger partial charge in [0.15, 0.2) is 0 Å².